The SMILES string of the molecule is CC(C)CCC[C@@H](C)[C@@H]1CC[C@@H]2[C@@H]3CC[C@H]4CC(=O)/C(=N/O)C[C@]4(C)[C@@H]3CC[C@@]21C. The molecule has 0 aromatic heterocycles. The van der Waals surface area contributed by atoms with Crippen LogP contribution in [0.1, 0.15) is 105 Å². The number of oxime groups is 1. The first kappa shape index (κ1) is 22.3. The molecule has 3 nitrogen and oxygen atoms in total. The molecule has 4 saturated carbocycles. The molecule has 0 heterocycles. The molecular weight excluding hydrogens is 370 g/mol. The van der Waals surface area contributed by atoms with Crippen LogP contribution in [0.2, 0.25) is 0 Å². The number of fused-ring (bicyclic) bond motifs is 5. The lowest BCUT2D eigenvalue weighted by atomic mass is 9.44. The van der Waals surface area contributed by atoms with Gasteiger partial charge in [-0.3, -0.25) is 4.79 Å². The third-order valence-corrected chi connectivity index (χ3v) is 10.7. The minimum Gasteiger partial charge on any atom is -0.411 e. The Bertz CT molecular complexity index is 684. The summed E-state index contributed by atoms with van der Waals surface area (Å²) in [4.78, 5) is 12.4. The van der Waals surface area contributed by atoms with Crippen LogP contribution in [0.25, 0.3) is 0 Å². The third kappa shape index (κ3) is 3.56. The van der Waals surface area contributed by atoms with E-state index in [0.717, 1.165) is 29.6 Å². The van der Waals surface area contributed by atoms with Crippen molar-refractivity contribution in [1.82, 2.24) is 0 Å². The first-order valence-corrected chi connectivity index (χ1v) is 12.9. The topological polar surface area (TPSA) is 49.7 Å². The molecule has 0 aromatic carbocycles. The lowest BCUT2D eigenvalue weighted by Gasteiger charge is -2.60. The van der Waals surface area contributed by atoms with Crippen molar-refractivity contribution in [1.29, 1.82) is 0 Å². The molecule has 8 atom stereocenters. The third-order valence-electron chi connectivity index (χ3n) is 10.7. The van der Waals surface area contributed by atoms with Gasteiger partial charge in [0.2, 0.25) is 0 Å². The number of nitrogens with zero attached hydrogens (tertiary/aromatic N) is 1. The summed E-state index contributed by atoms with van der Waals surface area (Å²) in [6.07, 6.45) is 13.5. The maximum atomic E-state index is 12.4. The molecule has 4 rings (SSSR count). The van der Waals surface area contributed by atoms with E-state index in [1.165, 1.54) is 57.8 Å². The molecule has 0 amide bonds. The summed E-state index contributed by atoms with van der Waals surface area (Å²) in [6, 6.07) is 0. The van der Waals surface area contributed by atoms with E-state index in [4.69, 9.17) is 0 Å². The van der Waals surface area contributed by atoms with Gasteiger partial charge in [0.1, 0.15) is 5.71 Å². The van der Waals surface area contributed by atoms with Gasteiger partial charge in [-0.2, -0.15) is 0 Å². The summed E-state index contributed by atoms with van der Waals surface area (Å²) in [5, 5.41) is 12.8. The van der Waals surface area contributed by atoms with Gasteiger partial charge in [-0.1, -0.05) is 59.0 Å². The van der Waals surface area contributed by atoms with E-state index in [1.807, 2.05) is 0 Å². The molecule has 0 radical (unpaired) electrons. The molecular formula is C27H45NO2. The molecule has 1 N–H and O–H groups in total. The number of rotatable bonds is 5. The van der Waals surface area contributed by atoms with Crippen molar-refractivity contribution in [2.75, 3.05) is 0 Å². The predicted molar refractivity (Wildman–Crippen MR) is 123 cm³/mol. The fourth-order valence-corrected chi connectivity index (χ4v) is 9.06. The number of Topliss-reactive ketones (excluding diaryl/α,β-unsaturated/α-hetero) is 1. The van der Waals surface area contributed by atoms with Gasteiger partial charge in [-0.25, -0.2) is 0 Å². The summed E-state index contributed by atoms with van der Waals surface area (Å²) < 4.78 is 0. The van der Waals surface area contributed by atoms with Crippen LogP contribution in [0.3, 0.4) is 0 Å². The van der Waals surface area contributed by atoms with Crippen molar-refractivity contribution >= 4 is 11.5 Å². The van der Waals surface area contributed by atoms with Gasteiger partial charge in [0.05, 0.1) is 0 Å². The van der Waals surface area contributed by atoms with E-state index < -0.39 is 0 Å². The van der Waals surface area contributed by atoms with Crippen LogP contribution in [0.4, 0.5) is 0 Å². The van der Waals surface area contributed by atoms with E-state index in [1.54, 1.807) is 0 Å². The minimum absolute atomic E-state index is 0.0928. The summed E-state index contributed by atoms with van der Waals surface area (Å²) in [5.41, 5.74) is 1.12. The second-order valence-electron chi connectivity index (χ2n) is 12.5. The van der Waals surface area contributed by atoms with Crippen LogP contribution in [-0.2, 0) is 4.79 Å². The lowest BCUT2D eigenvalue weighted by Crippen LogP contribution is -2.55. The van der Waals surface area contributed by atoms with Crippen molar-refractivity contribution in [3.63, 3.8) is 0 Å². The maximum absolute atomic E-state index is 12.4. The molecule has 4 aliphatic carbocycles. The van der Waals surface area contributed by atoms with Crippen molar-refractivity contribution in [2.45, 2.75) is 105 Å². The molecule has 170 valence electrons. The molecule has 4 aliphatic rings. The highest BCUT2D eigenvalue weighted by atomic mass is 16.4. The molecule has 4 fully saturated rings. The second-order valence-corrected chi connectivity index (χ2v) is 12.5. The maximum Gasteiger partial charge on any atom is 0.180 e. The predicted octanol–water partition coefficient (Wildman–Crippen LogP) is 7.12. The Morgan fingerprint density at radius 3 is 2.43 bits per heavy atom. The van der Waals surface area contributed by atoms with E-state index in [2.05, 4.69) is 39.8 Å². The van der Waals surface area contributed by atoms with Crippen molar-refractivity contribution < 1.29 is 10.0 Å². The molecule has 3 heteroatoms. The first-order chi connectivity index (χ1) is 14.2. The Labute approximate surface area is 184 Å². The second kappa shape index (κ2) is 8.24. The van der Waals surface area contributed by atoms with E-state index >= 15 is 0 Å². The Morgan fingerprint density at radius 1 is 1.00 bits per heavy atom. The van der Waals surface area contributed by atoms with E-state index in [-0.39, 0.29) is 11.2 Å². The zero-order valence-electron chi connectivity index (χ0n) is 20.1. The number of hydrogen-bond acceptors (Lipinski definition) is 3. The standard InChI is InChI=1S/C27H45NO2/c1-17(2)7-6-8-18(3)21-11-12-22-20-10-9-19-15-25(29)24(28-30)16-27(19,5)23(20)13-14-26(21,22)4/h17-23,30H,6-16H2,1-5H3/b28-24+/t18-,19+,20+,21+,22-,23-,26-,27+/m1/s1. The van der Waals surface area contributed by atoms with E-state index in [0.29, 0.717) is 35.8 Å². The van der Waals surface area contributed by atoms with Crippen molar-refractivity contribution in [3.05, 3.63) is 0 Å². The zero-order chi connectivity index (χ0) is 21.7. The Morgan fingerprint density at radius 2 is 1.73 bits per heavy atom. The fourth-order valence-electron chi connectivity index (χ4n) is 9.06. The highest BCUT2D eigenvalue weighted by Crippen LogP contribution is 2.68. The molecule has 0 aliphatic heterocycles. The highest BCUT2D eigenvalue weighted by molar-refractivity contribution is 6.40. The van der Waals surface area contributed by atoms with Gasteiger partial charge >= 0.3 is 0 Å². The molecule has 0 bridgehead atoms. The largest absolute Gasteiger partial charge is 0.411 e. The zero-order valence-corrected chi connectivity index (χ0v) is 20.1. The number of carbonyl (C=O) groups is 1. The summed E-state index contributed by atoms with van der Waals surface area (Å²) in [6.45, 7) is 12.3. The van der Waals surface area contributed by atoms with Crippen LogP contribution in [-0.4, -0.2) is 16.7 Å². The number of carbonyl (C=O) groups excluding carboxylic acids is 1. The Hall–Kier alpha value is -0.860. The summed E-state index contributed by atoms with van der Waals surface area (Å²) in [7, 11) is 0. The van der Waals surface area contributed by atoms with Gasteiger partial charge in [0.15, 0.2) is 5.78 Å². The monoisotopic (exact) mass is 415 g/mol. The van der Waals surface area contributed by atoms with Crippen molar-refractivity contribution in [2.24, 2.45) is 57.4 Å². The smallest absolute Gasteiger partial charge is 0.180 e. The average Bonchev–Trinajstić information content (AvgIpc) is 3.05. The van der Waals surface area contributed by atoms with Crippen LogP contribution >= 0.6 is 0 Å². The molecule has 0 unspecified atom stereocenters. The van der Waals surface area contributed by atoms with Gasteiger partial charge in [-0.15, -0.1) is 0 Å². The Kier molecular flexibility index (Phi) is 6.14. The van der Waals surface area contributed by atoms with Crippen LogP contribution < -0.4 is 0 Å². The molecule has 0 aromatic rings. The molecule has 0 saturated heterocycles. The highest BCUT2D eigenvalue weighted by Gasteiger charge is 2.61. The molecule has 30 heavy (non-hydrogen) atoms. The van der Waals surface area contributed by atoms with Gasteiger partial charge in [-0.05, 0) is 90.8 Å². The normalized spacial score (nSPS) is 45.9. The average molecular weight is 416 g/mol. The van der Waals surface area contributed by atoms with Gasteiger partial charge in [0.25, 0.3) is 0 Å². The minimum atomic E-state index is 0.0928. The van der Waals surface area contributed by atoms with Crippen LogP contribution in [0.5, 0.6) is 0 Å². The van der Waals surface area contributed by atoms with Gasteiger partial charge in [0, 0.05) is 12.8 Å². The number of ketones is 1. The summed E-state index contributed by atoms with van der Waals surface area (Å²) in [5.74, 6) is 5.53. The lowest BCUT2D eigenvalue weighted by molar-refractivity contribution is -0.127. The fraction of sp³-hybridized carbons (Fsp3) is 0.926. The van der Waals surface area contributed by atoms with E-state index in [9.17, 15) is 10.0 Å². The Balaban J connectivity index is 1.50. The first-order valence-electron chi connectivity index (χ1n) is 12.9. The van der Waals surface area contributed by atoms with Gasteiger partial charge < -0.3 is 5.21 Å². The number of hydrogen-bond donors (Lipinski definition) is 1. The molecule has 0 spiro atoms. The van der Waals surface area contributed by atoms with Crippen LogP contribution in [0, 0.1) is 52.3 Å². The quantitative estimate of drug-likeness (QED) is 0.384. The van der Waals surface area contributed by atoms with Crippen LogP contribution in [0.15, 0.2) is 5.16 Å². The summed E-state index contributed by atoms with van der Waals surface area (Å²) >= 11 is 0. The van der Waals surface area contributed by atoms with Crippen molar-refractivity contribution in [3.8, 4) is 0 Å².